The molecule has 1 N–H and O–H groups in total. The van der Waals surface area contributed by atoms with Crippen LogP contribution in [-0.2, 0) is 4.79 Å². The summed E-state index contributed by atoms with van der Waals surface area (Å²) in [7, 11) is 0. The molecule has 0 aliphatic carbocycles. The fourth-order valence-corrected chi connectivity index (χ4v) is 2.32. The summed E-state index contributed by atoms with van der Waals surface area (Å²) in [5.74, 6) is 0.597. The highest BCUT2D eigenvalue weighted by Crippen LogP contribution is 2.23. The van der Waals surface area contributed by atoms with Crippen LogP contribution < -0.4 is 10.1 Å². The Morgan fingerprint density at radius 1 is 1.19 bits per heavy atom. The highest BCUT2D eigenvalue weighted by molar-refractivity contribution is 9.10. The van der Waals surface area contributed by atoms with E-state index < -0.39 is 6.10 Å². The van der Waals surface area contributed by atoms with E-state index in [1.165, 1.54) is 0 Å². The third-order valence-corrected chi connectivity index (χ3v) is 3.85. The average Bonchev–Trinajstić information content (AvgIpc) is 2.48. The lowest BCUT2D eigenvalue weighted by molar-refractivity contribution is -0.122. The van der Waals surface area contributed by atoms with Crippen LogP contribution in [0.4, 0.5) is 5.69 Å². The first kappa shape index (κ1) is 15.6. The fraction of sp³-hybridized carbons (Fsp3) is 0.235. The van der Waals surface area contributed by atoms with Crippen molar-refractivity contribution in [2.24, 2.45) is 0 Å². The van der Waals surface area contributed by atoms with Crippen molar-refractivity contribution in [3.05, 3.63) is 58.6 Å². The molecule has 0 spiro atoms. The van der Waals surface area contributed by atoms with Gasteiger partial charge in [0.2, 0.25) is 0 Å². The Balaban J connectivity index is 2.09. The number of hydrogen-bond acceptors (Lipinski definition) is 2. The Morgan fingerprint density at radius 2 is 1.86 bits per heavy atom. The van der Waals surface area contributed by atoms with Crippen LogP contribution in [0.25, 0.3) is 0 Å². The van der Waals surface area contributed by atoms with Crippen LogP contribution in [0.5, 0.6) is 5.75 Å². The van der Waals surface area contributed by atoms with Crippen LogP contribution in [-0.4, -0.2) is 12.0 Å². The van der Waals surface area contributed by atoms with E-state index in [4.69, 9.17) is 4.74 Å². The van der Waals surface area contributed by atoms with Crippen LogP contribution in [0, 0.1) is 6.92 Å². The SMILES string of the molecule is CC[C@@H](Oc1ccccc1C)C(=O)Nc1ccccc1Br. The molecule has 21 heavy (non-hydrogen) atoms. The van der Waals surface area contributed by atoms with E-state index in [0.29, 0.717) is 6.42 Å². The van der Waals surface area contributed by atoms with E-state index in [9.17, 15) is 4.79 Å². The topological polar surface area (TPSA) is 38.3 Å². The second-order valence-corrected chi connectivity index (χ2v) is 5.60. The predicted octanol–water partition coefficient (Wildman–Crippen LogP) is 4.55. The van der Waals surface area contributed by atoms with E-state index in [-0.39, 0.29) is 5.91 Å². The van der Waals surface area contributed by atoms with Gasteiger partial charge in [0.05, 0.1) is 5.69 Å². The largest absolute Gasteiger partial charge is 0.480 e. The van der Waals surface area contributed by atoms with Crippen LogP contribution in [0.1, 0.15) is 18.9 Å². The monoisotopic (exact) mass is 347 g/mol. The molecule has 0 unspecified atom stereocenters. The number of ether oxygens (including phenoxy) is 1. The molecule has 2 aromatic carbocycles. The molecule has 2 rings (SSSR count). The third kappa shape index (κ3) is 4.08. The molecule has 0 saturated carbocycles. The van der Waals surface area contributed by atoms with Crippen LogP contribution in [0.3, 0.4) is 0 Å². The van der Waals surface area contributed by atoms with Gasteiger partial charge in [0, 0.05) is 4.47 Å². The first-order valence-electron chi connectivity index (χ1n) is 6.89. The van der Waals surface area contributed by atoms with Crippen molar-refractivity contribution in [3.8, 4) is 5.75 Å². The summed E-state index contributed by atoms with van der Waals surface area (Å²) in [5, 5.41) is 2.89. The number of amides is 1. The molecule has 0 radical (unpaired) electrons. The Bertz CT molecular complexity index is 628. The zero-order valence-electron chi connectivity index (χ0n) is 12.1. The number of benzene rings is 2. The van der Waals surface area contributed by atoms with E-state index >= 15 is 0 Å². The van der Waals surface area contributed by atoms with Gasteiger partial charge < -0.3 is 10.1 Å². The third-order valence-electron chi connectivity index (χ3n) is 3.16. The maximum atomic E-state index is 12.4. The number of hydrogen-bond donors (Lipinski definition) is 1. The molecule has 1 atom stereocenters. The quantitative estimate of drug-likeness (QED) is 0.861. The van der Waals surface area contributed by atoms with Crippen molar-refractivity contribution < 1.29 is 9.53 Å². The summed E-state index contributed by atoms with van der Waals surface area (Å²) >= 11 is 3.42. The molecule has 0 aromatic heterocycles. The summed E-state index contributed by atoms with van der Waals surface area (Å²) in [6.07, 6.45) is 0.0863. The number of para-hydroxylation sites is 2. The van der Waals surface area contributed by atoms with Crippen molar-refractivity contribution in [1.29, 1.82) is 0 Å². The molecule has 0 bridgehead atoms. The number of nitrogens with one attached hydrogen (secondary N) is 1. The van der Waals surface area contributed by atoms with Crippen LogP contribution in [0.15, 0.2) is 53.0 Å². The van der Waals surface area contributed by atoms with E-state index in [1.807, 2.05) is 62.4 Å². The van der Waals surface area contributed by atoms with Crippen LogP contribution >= 0.6 is 15.9 Å². The minimum atomic E-state index is -0.516. The first-order chi connectivity index (χ1) is 10.1. The highest BCUT2D eigenvalue weighted by Gasteiger charge is 2.19. The molecular formula is C17H18BrNO2. The lowest BCUT2D eigenvalue weighted by Gasteiger charge is -2.19. The zero-order chi connectivity index (χ0) is 15.2. The van der Waals surface area contributed by atoms with Crippen molar-refractivity contribution in [2.75, 3.05) is 5.32 Å². The molecule has 0 saturated heterocycles. The van der Waals surface area contributed by atoms with Gasteiger partial charge in [-0.2, -0.15) is 0 Å². The lowest BCUT2D eigenvalue weighted by atomic mass is 10.2. The minimum absolute atomic E-state index is 0.146. The van der Waals surface area contributed by atoms with E-state index in [0.717, 1.165) is 21.5 Å². The summed E-state index contributed by atoms with van der Waals surface area (Å²) in [6.45, 7) is 3.90. The van der Waals surface area contributed by atoms with Gasteiger partial charge in [-0.15, -0.1) is 0 Å². The molecule has 0 heterocycles. The number of anilines is 1. The van der Waals surface area contributed by atoms with Gasteiger partial charge >= 0.3 is 0 Å². The molecular weight excluding hydrogens is 330 g/mol. The Kier molecular flexibility index (Phi) is 5.39. The predicted molar refractivity (Wildman–Crippen MR) is 88.7 cm³/mol. The molecule has 4 heteroatoms. The van der Waals surface area contributed by atoms with Gasteiger partial charge in [0.25, 0.3) is 5.91 Å². The second-order valence-electron chi connectivity index (χ2n) is 4.75. The number of carbonyl (C=O) groups excluding carboxylic acids is 1. The van der Waals surface area contributed by atoms with Gasteiger partial charge in [-0.1, -0.05) is 37.3 Å². The number of aryl methyl sites for hydroxylation is 1. The maximum Gasteiger partial charge on any atom is 0.265 e. The van der Waals surface area contributed by atoms with Crippen molar-refractivity contribution in [1.82, 2.24) is 0 Å². The average molecular weight is 348 g/mol. The normalized spacial score (nSPS) is 11.8. The molecule has 0 fully saturated rings. The fourth-order valence-electron chi connectivity index (χ4n) is 1.94. The van der Waals surface area contributed by atoms with Gasteiger partial charge in [-0.05, 0) is 53.0 Å². The smallest absolute Gasteiger partial charge is 0.265 e. The second kappa shape index (κ2) is 7.27. The molecule has 0 aliphatic rings. The van der Waals surface area contributed by atoms with Gasteiger partial charge in [-0.3, -0.25) is 4.79 Å². The molecule has 110 valence electrons. The standard InChI is InChI=1S/C17H18BrNO2/c1-3-15(21-16-11-7-4-8-12(16)2)17(20)19-14-10-6-5-9-13(14)18/h4-11,15H,3H2,1-2H3,(H,19,20)/t15-/m1/s1. The molecule has 2 aromatic rings. The maximum absolute atomic E-state index is 12.4. The number of rotatable bonds is 5. The summed E-state index contributed by atoms with van der Waals surface area (Å²) < 4.78 is 6.69. The Hall–Kier alpha value is -1.81. The van der Waals surface area contributed by atoms with Gasteiger partial charge in [-0.25, -0.2) is 0 Å². The molecule has 3 nitrogen and oxygen atoms in total. The first-order valence-corrected chi connectivity index (χ1v) is 7.68. The highest BCUT2D eigenvalue weighted by atomic mass is 79.9. The van der Waals surface area contributed by atoms with Crippen LogP contribution in [0.2, 0.25) is 0 Å². The van der Waals surface area contributed by atoms with Crippen molar-refractivity contribution >= 4 is 27.5 Å². The van der Waals surface area contributed by atoms with E-state index in [2.05, 4.69) is 21.2 Å². The summed E-state index contributed by atoms with van der Waals surface area (Å²) in [6, 6.07) is 15.2. The Labute approximate surface area is 133 Å². The Morgan fingerprint density at radius 3 is 2.52 bits per heavy atom. The summed E-state index contributed by atoms with van der Waals surface area (Å²) in [4.78, 5) is 12.4. The minimum Gasteiger partial charge on any atom is -0.480 e. The zero-order valence-corrected chi connectivity index (χ0v) is 13.7. The van der Waals surface area contributed by atoms with Crippen molar-refractivity contribution in [2.45, 2.75) is 26.4 Å². The van der Waals surface area contributed by atoms with E-state index in [1.54, 1.807) is 0 Å². The number of carbonyl (C=O) groups is 1. The summed E-state index contributed by atoms with van der Waals surface area (Å²) in [5.41, 5.74) is 1.76. The lowest BCUT2D eigenvalue weighted by Crippen LogP contribution is -2.32. The molecule has 0 aliphatic heterocycles. The van der Waals surface area contributed by atoms with Crippen molar-refractivity contribution in [3.63, 3.8) is 0 Å². The van der Waals surface area contributed by atoms with Gasteiger partial charge in [0.1, 0.15) is 5.75 Å². The number of halogens is 1. The van der Waals surface area contributed by atoms with Gasteiger partial charge in [0.15, 0.2) is 6.10 Å². The molecule has 1 amide bonds.